The van der Waals surface area contributed by atoms with Crippen molar-refractivity contribution in [3.05, 3.63) is 87.7 Å². The molecule has 0 aliphatic carbocycles. The third-order valence-corrected chi connectivity index (χ3v) is 5.82. The number of rotatable bonds is 8. The van der Waals surface area contributed by atoms with E-state index >= 15 is 0 Å². The molecule has 0 saturated carbocycles. The minimum Gasteiger partial charge on any atom is -0.461 e. The molecule has 6 heteroatoms. The molecule has 0 aliphatic rings. The van der Waals surface area contributed by atoms with E-state index in [2.05, 4.69) is 17.2 Å². The maximum Gasteiger partial charge on any atom is 0.355 e. The molecule has 3 rings (SSSR count). The maximum atomic E-state index is 13.3. The lowest BCUT2D eigenvalue weighted by Gasteiger charge is -2.24. The Balaban J connectivity index is 1.87. The zero-order valence-electron chi connectivity index (χ0n) is 20.1. The molecule has 174 valence electrons. The van der Waals surface area contributed by atoms with Crippen LogP contribution in [-0.2, 0) is 24.2 Å². The van der Waals surface area contributed by atoms with E-state index in [1.807, 2.05) is 69.3 Å². The highest BCUT2D eigenvalue weighted by atomic mass is 16.5. The molecule has 1 heterocycles. The number of aromatic amines is 1. The number of aryl methyl sites for hydroxylation is 3. The van der Waals surface area contributed by atoms with Crippen LogP contribution in [0.15, 0.2) is 48.5 Å². The number of nitrogens with zero attached hydrogens (tertiary/aromatic N) is 1. The van der Waals surface area contributed by atoms with E-state index in [4.69, 9.17) is 4.74 Å². The average molecular weight is 448 g/mol. The van der Waals surface area contributed by atoms with Gasteiger partial charge in [-0.3, -0.25) is 0 Å². The van der Waals surface area contributed by atoms with Crippen molar-refractivity contribution >= 4 is 17.7 Å². The van der Waals surface area contributed by atoms with Crippen LogP contribution in [-0.4, -0.2) is 28.5 Å². The molecule has 3 aromatic rings. The van der Waals surface area contributed by atoms with Crippen molar-refractivity contribution in [2.45, 2.75) is 54.1 Å². The Labute approximate surface area is 196 Å². The summed E-state index contributed by atoms with van der Waals surface area (Å²) in [5, 5.41) is 3.02. The molecule has 0 spiro atoms. The van der Waals surface area contributed by atoms with Crippen molar-refractivity contribution in [1.29, 1.82) is 0 Å². The molecule has 0 unspecified atom stereocenters. The van der Waals surface area contributed by atoms with Gasteiger partial charge in [0, 0.05) is 24.5 Å². The largest absolute Gasteiger partial charge is 0.461 e. The van der Waals surface area contributed by atoms with Crippen LogP contribution in [0, 0.1) is 20.8 Å². The third kappa shape index (κ3) is 6.04. The SMILES string of the molecule is CCOC(=O)c1[nH]c(C)c(CN(Cc2ccc(C)cc2)C(=O)Nc2ccc(CC)cc2)c1C. The second kappa shape index (κ2) is 10.9. The molecular formula is C27H33N3O3. The standard InChI is InChI=1S/C27H33N3O3/c1-6-21-12-14-23(15-13-21)29-27(32)30(16-22-10-8-18(3)9-11-22)17-24-19(4)25(28-20(24)5)26(31)33-7-2/h8-15,28H,6-7,16-17H2,1-5H3,(H,29,32). The van der Waals surface area contributed by atoms with Gasteiger partial charge < -0.3 is 19.9 Å². The van der Waals surface area contributed by atoms with Crippen LogP contribution in [0.2, 0.25) is 0 Å². The number of urea groups is 1. The Bertz CT molecular complexity index is 1100. The topological polar surface area (TPSA) is 74.4 Å². The average Bonchev–Trinajstić information content (AvgIpc) is 3.09. The van der Waals surface area contributed by atoms with Gasteiger partial charge in [0.25, 0.3) is 0 Å². The number of benzene rings is 2. The predicted octanol–water partition coefficient (Wildman–Crippen LogP) is 5.91. The Kier molecular flexibility index (Phi) is 7.93. The monoisotopic (exact) mass is 447 g/mol. The highest BCUT2D eigenvalue weighted by Crippen LogP contribution is 2.23. The molecule has 0 fully saturated rings. The van der Waals surface area contributed by atoms with Gasteiger partial charge in [-0.25, -0.2) is 9.59 Å². The second-order valence-corrected chi connectivity index (χ2v) is 8.27. The molecule has 0 aliphatic heterocycles. The minimum atomic E-state index is -0.380. The van der Waals surface area contributed by atoms with E-state index < -0.39 is 0 Å². The number of nitrogens with one attached hydrogen (secondary N) is 2. The van der Waals surface area contributed by atoms with Crippen LogP contribution in [0.4, 0.5) is 10.5 Å². The first-order valence-electron chi connectivity index (χ1n) is 11.4. The third-order valence-electron chi connectivity index (χ3n) is 5.82. The van der Waals surface area contributed by atoms with Crippen LogP contribution >= 0.6 is 0 Å². The minimum absolute atomic E-state index is 0.197. The summed E-state index contributed by atoms with van der Waals surface area (Å²) in [7, 11) is 0. The number of hydrogen-bond acceptors (Lipinski definition) is 3. The van der Waals surface area contributed by atoms with Crippen LogP contribution < -0.4 is 5.32 Å². The maximum absolute atomic E-state index is 13.3. The van der Waals surface area contributed by atoms with Crippen molar-refractivity contribution in [3.63, 3.8) is 0 Å². The van der Waals surface area contributed by atoms with Crippen LogP contribution in [0.1, 0.15) is 57.8 Å². The van der Waals surface area contributed by atoms with Crippen LogP contribution in [0.5, 0.6) is 0 Å². The summed E-state index contributed by atoms with van der Waals surface area (Å²) in [6, 6.07) is 15.8. The summed E-state index contributed by atoms with van der Waals surface area (Å²) >= 11 is 0. The lowest BCUT2D eigenvalue weighted by atomic mass is 10.1. The van der Waals surface area contributed by atoms with Gasteiger partial charge in [-0.05, 0) is 68.5 Å². The molecule has 1 aromatic heterocycles. The van der Waals surface area contributed by atoms with Crippen molar-refractivity contribution in [2.75, 3.05) is 11.9 Å². The van der Waals surface area contributed by atoms with Crippen molar-refractivity contribution in [2.24, 2.45) is 0 Å². The second-order valence-electron chi connectivity index (χ2n) is 8.27. The predicted molar refractivity (Wildman–Crippen MR) is 131 cm³/mol. The number of H-pyrrole nitrogens is 1. The van der Waals surface area contributed by atoms with Gasteiger partial charge in [-0.15, -0.1) is 0 Å². The Morgan fingerprint density at radius 1 is 0.909 bits per heavy atom. The summed E-state index contributed by atoms with van der Waals surface area (Å²) in [4.78, 5) is 30.5. The van der Waals surface area contributed by atoms with Crippen molar-refractivity contribution in [3.8, 4) is 0 Å². The van der Waals surface area contributed by atoms with Gasteiger partial charge in [-0.2, -0.15) is 0 Å². The highest BCUT2D eigenvalue weighted by molar-refractivity contribution is 5.91. The number of ether oxygens (including phenoxy) is 1. The summed E-state index contributed by atoms with van der Waals surface area (Å²) < 4.78 is 5.17. The Morgan fingerprint density at radius 2 is 1.55 bits per heavy atom. The summed E-state index contributed by atoms with van der Waals surface area (Å²) in [6.07, 6.45) is 0.947. The molecule has 0 radical (unpaired) electrons. The first kappa shape index (κ1) is 24.1. The number of hydrogen-bond donors (Lipinski definition) is 2. The fraction of sp³-hybridized carbons (Fsp3) is 0.333. The molecule has 0 bridgehead atoms. The quantitative estimate of drug-likeness (QED) is 0.421. The van der Waals surface area contributed by atoms with Crippen molar-refractivity contribution in [1.82, 2.24) is 9.88 Å². The Morgan fingerprint density at radius 3 is 2.15 bits per heavy atom. The van der Waals surface area contributed by atoms with E-state index in [-0.39, 0.29) is 12.0 Å². The molecule has 0 saturated heterocycles. The van der Waals surface area contributed by atoms with Gasteiger partial charge >= 0.3 is 12.0 Å². The highest BCUT2D eigenvalue weighted by Gasteiger charge is 2.22. The number of esters is 1. The first-order chi connectivity index (χ1) is 15.8. The fourth-order valence-corrected chi connectivity index (χ4v) is 3.76. The van der Waals surface area contributed by atoms with E-state index in [1.54, 1.807) is 11.8 Å². The van der Waals surface area contributed by atoms with E-state index in [9.17, 15) is 9.59 Å². The van der Waals surface area contributed by atoms with Crippen LogP contribution in [0.25, 0.3) is 0 Å². The number of carbonyl (C=O) groups is 2. The molecule has 2 amide bonds. The summed E-state index contributed by atoms with van der Waals surface area (Å²) in [5.74, 6) is -0.380. The number of anilines is 1. The molecule has 33 heavy (non-hydrogen) atoms. The normalized spacial score (nSPS) is 10.7. The zero-order valence-corrected chi connectivity index (χ0v) is 20.1. The zero-order chi connectivity index (χ0) is 24.0. The molecule has 2 N–H and O–H groups in total. The van der Waals surface area contributed by atoms with Gasteiger partial charge in [0.1, 0.15) is 5.69 Å². The summed E-state index contributed by atoms with van der Waals surface area (Å²) in [6.45, 7) is 10.8. The number of carbonyl (C=O) groups excluding carboxylic acids is 2. The Hall–Kier alpha value is -3.54. The van der Waals surface area contributed by atoms with Crippen LogP contribution in [0.3, 0.4) is 0 Å². The molecule has 6 nitrogen and oxygen atoms in total. The van der Waals surface area contributed by atoms with E-state index in [1.165, 1.54) is 11.1 Å². The summed E-state index contributed by atoms with van der Waals surface area (Å²) in [5.41, 5.74) is 7.19. The lowest BCUT2D eigenvalue weighted by Crippen LogP contribution is -2.34. The molecule has 2 aromatic carbocycles. The smallest absolute Gasteiger partial charge is 0.355 e. The van der Waals surface area contributed by atoms with Gasteiger partial charge in [0.05, 0.1) is 6.61 Å². The first-order valence-corrected chi connectivity index (χ1v) is 11.4. The van der Waals surface area contributed by atoms with E-state index in [0.717, 1.165) is 34.5 Å². The van der Waals surface area contributed by atoms with E-state index in [0.29, 0.717) is 25.4 Å². The van der Waals surface area contributed by atoms with Gasteiger partial charge in [-0.1, -0.05) is 48.9 Å². The number of aromatic nitrogens is 1. The van der Waals surface area contributed by atoms with Gasteiger partial charge in [0.15, 0.2) is 0 Å². The molecule has 0 atom stereocenters. The van der Waals surface area contributed by atoms with Crippen molar-refractivity contribution < 1.29 is 14.3 Å². The fourth-order valence-electron chi connectivity index (χ4n) is 3.76. The lowest BCUT2D eigenvalue weighted by molar-refractivity contribution is 0.0519. The molecular weight excluding hydrogens is 414 g/mol. The number of amides is 2. The van der Waals surface area contributed by atoms with Gasteiger partial charge in [0.2, 0.25) is 0 Å².